The molecule has 2 fully saturated rings. The number of thiocarbonyl (C=S) groups is 1. The van der Waals surface area contributed by atoms with Crippen LogP contribution >= 0.6 is 40.5 Å². The molecular formula is C20H26N10O13P2S2. The number of H-pyrrole nitrogens is 1. The zero-order chi connectivity index (χ0) is 34.0. The summed E-state index contributed by atoms with van der Waals surface area (Å²) in [6, 6.07) is -1.72. The van der Waals surface area contributed by atoms with Crippen molar-refractivity contribution >= 4 is 80.2 Å². The van der Waals surface area contributed by atoms with Crippen LogP contribution in [-0.2, 0) is 36.8 Å². The third-order valence-corrected chi connectivity index (χ3v) is 11.1. The molecule has 4 unspecified atom stereocenters. The van der Waals surface area contributed by atoms with E-state index in [0.29, 0.717) is 0 Å². The highest BCUT2D eigenvalue weighted by molar-refractivity contribution is 7.86. The first kappa shape index (κ1) is 34.1. The number of nitrogen functional groups attached to an aromatic ring is 1. The van der Waals surface area contributed by atoms with Gasteiger partial charge in [0.05, 0.1) is 30.8 Å². The second-order valence-corrected chi connectivity index (χ2v) is 14.5. The van der Waals surface area contributed by atoms with Gasteiger partial charge in [0.25, 0.3) is 11.5 Å². The summed E-state index contributed by atoms with van der Waals surface area (Å²) in [4.78, 5) is 63.1. The monoisotopic (exact) mass is 740 g/mol. The van der Waals surface area contributed by atoms with E-state index in [4.69, 9.17) is 42.2 Å². The van der Waals surface area contributed by atoms with E-state index in [2.05, 4.69) is 52.5 Å². The van der Waals surface area contributed by atoms with Gasteiger partial charge >= 0.3 is 15.6 Å². The summed E-state index contributed by atoms with van der Waals surface area (Å²) in [5.41, 5.74) is 10.2. The maximum Gasteiger partial charge on any atom is 0.481 e. The first-order chi connectivity index (χ1) is 22.0. The van der Waals surface area contributed by atoms with Crippen molar-refractivity contribution in [1.29, 1.82) is 0 Å². The van der Waals surface area contributed by atoms with Gasteiger partial charge in [-0.3, -0.25) is 38.8 Å². The maximum atomic E-state index is 12.6. The van der Waals surface area contributed by atoms with Crippen molar-refractivity contribution in [3.63, 3.8) is 0 Å². The number of rotatable bonds is 9. The normalized spacial score (nSPS) is 34.9. The highest BCUT2D eigenvalue weighted by Gasteiger charge is 2.49. The smallest absolute Gasteiger partial charge is 0.387 e. The Hall–Kier alpha value is -2.74. The lowest BCUT2D eigenvalue weighted by Crippen LogP contribution is -2.68. The Bertz CT molecular complexity index is 1840. The van der Waals surface area contributed by atoms with E-state index in [9.17, 15) is 38.7 Å². The summed E-state index contributed by atoms with van der Waals surface area (Å²) in [5, 5.41) is 25.4. The van der Waals surface area contributed by atoms with Gasteiger partial charge in [-0.15, -0.1) is 0 Å². The van der Waals surface area contributed by atoms with Crippen LogP contribution in [0.4, 0.5) is 5.95 Å². The van der Waals surface area contributed by atoms with Crippen molar-refractivity contribution in [2.75, 3.05) is 18.9 Å². The highest BCUT2D eigenvalue weighted by Crippen LogP contribution is 2.60. The molecule has 6 rings (SSSR count). The molecule has 47 heavy (non-hydrogen) atoms. The number of nitrogens with one attached hydrogen (secondary N) is 3. The van der Waals surface area contributed by atoms with Gasteiger partial charge in [-0.2, -0.15) is 26.9 Å². The molecule has 0 aromatic carbocycles. The molecule has 2 aromatic heterocycles. The average molecular weight is 741 g/mol. The van der Waals surface area contributed by atoms with Crippen molar-refractivity contribution < 1.29 is 56.8 Å². The number of aromatic nitrogens is 4. The van der Waals surface area contributed by atoms with Gasteiger partial charge in [0.1, 0.15) is 30.5 Å². The van der Waals surface area contributed by atoms with Crippen LogP contribution in [0.1, 0.15) is 6.23 Å². The van der Waals surface area contributed by atoms with Crippen molar-refractivity contribution in [3.8, 4) is 0 Å². The Morgan fingerprint density at radius 1 is 1.09 bits per heavy atom. The number of nitrogens with two attached hydrogens (primary N) is 2. The highest BCUT2D eigenvalue weighted by atomic mass is 32.1. The van der Waals surface area contributed by atoms with Gasteiger partial charge in [-0.05, 0) is 0 Å². The number of carbonyl (C=O) groups is 1. The van der Waals surface area contributed by atoms with Crippen LogP contribution in [0.3, 0.4) is 0 Å². The molecule has 1 amide bonds. The number of ether oxygens (including phenoxy) is 2. The van der Waals surface area contributed by atoms with E-state index in [0.717, 1.165) is 10.9 Å². The number of aromatic amines is 1. The lowest BCUT2D eigenvalue weighted by atomic mass is 9.98. The number of aliphatic hydroxyl groups excluding tert-OH is 2. The number of amidine groups is 1. The Labute approximate surface area is 272 Å². The predicted molar refractivity (Wildman–Crippen MR) is 163 cm³/mol. The first-order valence-electron chi connectivity index (χ1n) is 13.3. The van der Waals surface area contributed by atoms with Crippen LogP contribution in [0.2, 0.25) is 0 Å². The molecule has 256 valence electrons. The Morgan fingerprint density at radius 3 is 2.47 bits per heavy atom. The molecule has 23 nitrogen and oxygen atoms in total. The van der Waals surface area contributed by atoms with Gasteiger partial charge in [0.15, 0.2) is 29.5 Å². The summed E-state index contributed by atoms with van der Waals surface area (Å²) in [6.07, 6.45) is -7.34. The number of aliphatic hydroxyl groups is 2. The molecule has 11 N–H and O–H groups in total. The number of phosphoric acid groups is 2. The lowest BCUT2D eigenvalue weighted by Gasteiger charge is -2.43. The number of carbonyl (C=O) groups excluding carboxylic acids is 1. The molecule has 11 atom stereocenters. The number of thiol groups is 1. The fraction of sp³-hybridized carbons (Fsp3) is 0.550. The lowest BCUT2D eigenvalue weighted by molar-refractivity contribution is -0.121. The standard InChI is InChI=1S/C20H26N10O13P2S2/c21-19-26-13-7(15(33)28-19)24-6-12(47)11(46)5(41-17(6)25-13)2-40-45(37,38)43-44(35,36)39-1-4-9(31)10(32)18(42-4)30-3-23-8-14(30)27-20(22)29-16(8)34/h3-7,9-11,17-18,24,31-32,46H,1-2H2,(H,35,36)(H,37,38)(H3,22,27,29,34)(H3,21,25,26,28,33)/t4-,5-,6+,7?,9-,10-,11?,17-,18-/m1/s1. The molecule has 0 bridgehead atoms. The summed E-state index contributed by atoms with van der Waals surface area (Å²) < 4.78 is 51.6. The first-order valence-corrected chi connectivity index (χ1v) is 17.2. The van der Waals surface area contributed by atoms with Crippen LogP contribution in [0.15, 0.2) is 21.1 Å². The number of hydrogen-bond acceptors (Lipinski definition) is 20. The zero-order valence-electron chi connectivity index (χ0n) is 23.3. The molecular weight excluding hydrogens is 714 g/mol. The van der Waals surface area contributed by atoms with E-state index >= 15 is 0 Å². The number of guanidine groups is 1. The number of imidazole rings is 1. The molecule has 2 aromatic rings. The van der Waals surface area contributed by atoms with Crippen molar-refractivity contribution in [1.82, 2.24) is 30.2 Å². The van der Waals surface area contributed by atoms with E-state index in [1.165, 1.54) is 0 Å². The number of nitrogens with zero attached hydrogens (tertiary/aromatic N) is 5. The van der Waals surface area contributed by atoms with E-state index in [1.54, 1.807) is 0 Å². The number of aliphatic imine (C=N–C) groups is 2. The average Bonchev–Trinajstić information content (AvgIpc) is 3.52. The number of fused-ring (bicyclic) bond motifs is 3. The molecule has 4 aliphatic heterocycles. The van der Waals surface area contributed by atoms with Crippen LogP contribution in [-0.4, -0.2) is 123 Å². The minimum atomic E-state index is -5.38. The van der Waals surface area contributed by atoms with Gasteiger partial charge < -0.3 is 40.9 Å². The number of hydrogen-bond donors (Lipinski definition) is 10. The van der Waals surface area contributed by atoms with Crippen molar-refractivity contribution in [2.45, 2.75) is 54.2 Å². The molecule has 2 saturated heterocycles. The largest absolute Gasteiger partial charge is 0.481 e. The Kier molecular flexibility index (Phi) is 9.16. The van der Waals surface area contributed by atoms with Crippen LogP contribution < -0.4 is 27.7 Å². The second-order valence-electron chi connectivity index (χ2n) is 10.4. The third-order valence-electron chi connectivity index (χ3n) is 7.23. The molecule has 4 aliphatic rings. The van der Waals surface area contributed by atoms with Crippen LogP contribution in [0.25, 0.3) is 11.2 Å². The summed E-state index contributed by atoms with van der Waals surface area (Å²) in [5.74, 6) is -0.925. The zero-order valence-corrected chi connectivity index (χ0v) is 26.8. The molecule has 27 heteroatoms. The van der Waals surface area contributed by atoms with Crippen LogP contribution in [0, 0.1) is 0 Å². The quantitative estimate of drug-likeness (QED) is 0.0668. The molecule has 6 heterocycles. The molecule has 0 saturated carbocycles. The molecule has 0 radical (unpaired) electrons. The van der Waals surface area contributed by atoms with Crippen molar-refractivity contribution in [3.05, 3.63) is 16.7 Å². The van der Waals surface area contributed by atoms with Gasteiger partial charge in [0.2, 0.25) is 11.9 Å². The summed E-state index contributed by atoms with van der Waals surface area (Å²) in [6.45, 7) is -1.66. The fourth-order valence-electron chi connectivity index (χ4n) is 5.07. The summed E-state index contributed by atoms with van der Waals surface area (Å²) in [7, 11) is -10.7. The Balaban J connectivity index is 1.05. The number of phosphoric ester groups is 2. The predicted octanol–water partition coefficient (Wildman–Crippen LogP) is -3.85. The second kappa shape index (κ2) is 12.6. The number of amides is 1. The third kappa shape index (κ3) is 6.78. The molecule has 0 aliphatic carbocycles. The minimum Gasteiger partial charge on any atom is -0.387 e. The van der Waals surface area contributed by atoms with E-state index in [-0.39, 0.29) is 33.8 Å². The van der Waals surface area contributed by atoms with Gasteiger partial charge in [0, 0.05) is 4.86 Å². The van der Waals surface area contributed by atoms with Gasteiger partial charge in [-0.25, -0.2) is 19.1 Å². The Morgan fingerprint density at radius 2 is 1.77 bits per heavy atom. The van der Waals surface area contributed by atoms with Crippen LogP contribution in [0.5, 0.6) is 0 Å². The minimum absolute atomic E-state index is 0.0207. The van der Waals surface area contributed by atoms with Gasteiger partial charge in [-0.1, -0.05) is 12.2 Å². The fourth-order valence-corrected chi connectivity index (χ4v) is 7.82. The topological polar surface area (TPSA) is 343 Å². The SMILES string of the molecule is NC1=NC2=N[C@@H]3O[C@H](COP(=O)(O)OP(=O)(O)OC[C@H]4O[C@@H](n5cnc6c(=O)[nH]c(N)nc65)[C@H](O)[C@@H]4O)C(S)C(=S)[C@@H]3NC2C(=O)N1. The van der Waals surface area contributed by atoms with E-state index < -0.39 is 94.5 Å². The van der Waals surface area contributed by atoms with Crippen molar-refractivity contribution in [2.24, 2.45) is 15.7 Å². The van der Waals surface area contributed by atoms with E-state index in [1.807, 2.05) is 0 Å². The number of anilines is 1. The molecule has 0 spiro atoms. The maximum absolute atomic E-state index is 12.6. The summed E-state index contributed by atoms with van der Waals surface area (Å²) >= 11 is 9.83.